The molecule has 0 saturated heterocycles. The van der Waals surface area contributed by atoms with E-state index in [9.17, 15) is 4.79 Å². The van der Waals surface area contributed by atoms with E-state index < -0.39 is 0 Å². The van der Waals surface area contributed by atoms with E-state index in [1.165, 1.54) is 0 Å². The third-order valence-electron chi connectivity index (χ3n) is 1.54. The Morgan fingerprint density at radius 1 is 1.64 bits per heavy atom. The monoisotopic (exact) mass is 172 g/mol. The predicted octanol–water partition coefficient (Wildman–Crippen LogP) is 1.35. The molecule has 0 saturated carbocycles. The summed E-state index contributed by atoms with van der Waals surface area (Å²) >= 11 is 5.83. The molecule has 0 aliphatic heterocycles. The Balaban J connectivity index is 3.07. The number of aromatic nitrogens is 2. The molecule has 0 atom stereocenters. The second-order valence-electron chi connectivity index (χ2n) is 2.33. The maximum absolute atomic E-state index is 10.1. The number of nitrogens with zero attached hydrogens (tertiary/aromatic N) is 2. The van der Waals surface area contributed by atoms with Crippen molar-refractivity contribution in [1.29, 1.82) is 0 Å². The summed E-state index contributed by atoms with van der Waals surface area (Å²) in [4.78, 5) is 10.1. The molecule has 0 spiro atoms. The topological polar surface area (TPSA) is 34.9 Å². The van der Waals surface area contributed by atoms with E-state index in [0.717, 1.165) is 17.7 Å². The van der Waals surface area contributed by atoms with Gasteiger partial charge < -0.3 is 4.79 Å². The molecule has 0 radical (unpaired) electrons. The fraction of sp³-hybridized carbons (Fsp3) is 0.429. The van der Waals surface area contributed by atoms with Crippen LogP contribution in [0.25, 0.3) is 0 Å². The summed E-state index contributed by atoms with van der Waals surface area (Å²) in [5.74, 6) is 0. The number of carbonyl (C=O) groups is 1. The van der Waals surface area contributed by atoms with Crippen LogP contribution in [0.3, 0.4) is 0 Å². The van der Waals surface area contributed by atoms with Crippen LogP contribution >= 0.6 is 11.6 Å². The van der Waals surface area contributed by atoms with Crippen LogP contribution in [0, 0.1) is 13.8 Å². The summed E-state index contributed by atoms with van der Waals surface area (Å²) in [5.41, 5.74) is 1.61. The van der Waals surface area contributed by atoms with Crippen molar-refractivity contribution in [2.45, 2.75) is 20.4 Å². The number of carbonyl (C=O) groups excluding carboxylic acids is 1. The van der Waals surface area contributed by atoms with Crippen LogP contribution in [0.2, 0.25) is 5.02 Å². The van der Waals surface area contributed by atoms with Crippen molar-refractivity contribution < 1.29 is 4.79 Å². The fourth-order valence-corrected chi connectivity index (χ4v) is 1.06. The van der Waals surface area contributed by atoms with Crippen molar-refractivity contribution in [2.75, 3.05) is 0 Å². The van der Waals surface area contributed by atoms with Crippen LogP contribution in [0.1, 0.15) is 11.4 Å². The molecule has 1 rings (SSSR count). The number of rotatable bonds is 2. The Morgan fingerprint density at radius 3 is 2.64 bits per heavy atom. The van der Waals surface area contributed by atoms with Crippen molar-refractivity contribution in [3.05, 3.63) is 16.4 Å². The van der Waals surface area contributed by atoms with E-state index in [4.69, 9.17) is 11.6 Å². The number of halogens is 1. The minimum atomic E-state index is 0.277. The molecule has 0 aliphatic rings. The van der Waals surface area contributed by atoms with Crippen LogP contribution < -0.4 is 0 Å². The Hall–Kier alpha value is -0.830. The molecule has 0 N–H and O–H groups in total. The molecule has 0 bridgehead atoms. The van der Waals surface area contributed by atoms with Gasteiger partial charge >= 0.3 is 0 Å². The summed E-state index contributed by atoms with van der Waals surface area (Å²) in [6, 6.07) is 0. The van der Waals surface area contributed by atoms with E-state index >= 15 is 0 Å². The van der Waals surface area contributed by atoms with Gasteiger partial charge in [0.1, 0.15) is 6.29 Å². The van der Waals surface area contributed by atoms with Gasteiger partial charge in [0.25, 0.3) is 0 Å². The summed E-state index contributed by atoms with van der Waals surface area (Å²) in [6.45, 7) is 3.93. The molecule has 0 aliphatic carbocycles. The molecule has 4 heteroatoms. The first-order valence-corrected chi connectivity index (χ1v) is 3.67. The van der Waals surface area contributed by atoms with Gasteiger partial charge in [0.2, 0.25) is 0 Å². The van der Waals surface area contributed by atoms with E-state index in [-0.39, 0.29) is 6.54 Å². The molecular weight excluding hydrogens is 164 g/mol. The molecule has 1 aromatic rings. The first-order chi connectivity index (χ1) is 5.16. The predicted molar refractivity (Wildman–Crippen MR) is 42.8 cm³/mol. The highest BCUT2D eigenvalue weighted by Gasteiger charge is 2.07. The molecule has 11 heavy (non-hydrogen) atoms. The largest absolute Gasteiger partial charge is 0.301 e. The molecule has 3 nitrogen and oxygen atoms in total. The van der Waals surface area contributed by atoms with Crippen molar-refractivity contribution in [2.24, 2.45) is 0 Å². The van der Waals surface area contributed by atoms with Crippen molar-refractivity contribution in [3.8, 4) is 0 Å². The third kappa shape index (κ3) is 1.43. The average Bonchev–Trinajstić information content (AvgIpc) is 2.19. The number of hydrogen-bond donors (Lipinski definition) is 0. The number of aryl methyl sites for hydroxylation is 1. The van der Waals surface area contributed by atoms with Crippen LogP contribution in [-0.2, 0) is 11.3 Å². The molecule has 0 fully saturated rings. The highest BCUT2D eigenvalue weighted by atomic mass is 35.5. The normalized spacial score (nSPS) is 10.1. The highest BCUT2D eigenvalue weighted by Crippen LogP contribution is 2.18. The second kappa shape index (κ2) is 3.05. The van der Waals surface area contributed by atoms with Crippen molar-refractivity contribution in [3.63, 3.8) is 0 Å². The van der Waals surface area contributed by atoms with E-state index in [1.54, 1.807) is 4.68 Å². The minimum Gasteiger partial charge on any atom is -0.301 e. The van der Waals surface area contributed by atoms with E-state index in [0.29, 0.717) is 5.02 Å². The van der Waals surface area contributed by atoms with E-state index in [1.807, 2.05) is 13.8 Å². The molecule has 1 aromatic heterocycles. The standard InChI is InChI=1S/C7H9ClN2O/c1-5-7(8)6(2)10(9-5)3-4-11/h4H,3H2,1-2H3. The Bertz CT molecular complexity index is 280. The van der Waals surface area contributed by atoms with Crippen molar-refractivity contribution in [1.82, 2.24) is 9.78 Å². The summed E-state index contributed by atoms with van der Waals surface area (Å²) in [7, 11) is 0. The summed E-state index contributed by atoms with van der Waals surface area (Å²) in [5, 5.41) is 4.70. The molecule has 0 amide bonds. The minimum absolute atomic E-state index is 0.277. The molecule has 0 unspecified atom stereocenters. The van der Waals surface area contributed by atoms with Gasteiger partial charge in [-0.25, -0.2) is 0 Å². The van der Waals surface area contributed by atoms with Gasteiger partial charge in [0, 0.05) is 0 Å². The zero-order valence-corrected chi connectivity index (χ0v) is 7.22. The number of aldehydes is 1. The Labute approximate surface area is 70.0 Å². The van der Waals surface area contributed by atoms with Gasteiger partial charge in [-0.3, -0.25) is 4.68 Å². The highest BCUT2D eigenvalue weighted by molar-refractivity contribution is 6.31. The fourth-order valence-electron chi connectivity index (χ4n) is 0.923. The Kier molecular flexibility index (Phi) is 2.29. The summed E-state index contributed by atoms with van der Waals surface area (Å²) < 4.78 is 1.59. The van der Waals surface area contributed by atoms with Gasteiger partial charge in [-0.2, -0.15) is 5.10 Å². The van der Waals surface area contributed by atoms with Gasteiger partial charge in [-0.05, 0) is 13.8 Å². The molecule has 60 valence electrons. The molecule has 0 aromatic carbocycles. The average molecular weight is 173 g/mol. The zero-order chi connectivity index (χ0) is 8.43. The van der Waals surface area contributed by atoms with Crippen LogP contribution in [0.15, 0.2) is 0 Å². The van der Waals surface area contributed by atoms with Crippen molar-refractivity contribution >= 4 is 17.9 Å². The van der Waals surface area contributed by atoms with Crippen LogP contribution in [-0.4, -0.2) is 16.1 Å². The van der Waals surface area contributed by atoms with Crippen LogP contribution in [0.4, 0.5) is 0 Å². The number of hydrogen-bond acceptors (Lipinski definition) is 2. The first kappa shape index (κ1) is 8.27. The lowest BCUT2D eigenvalue weighted by Crippen LogP contribution is -2.02. The second-order valence-corrected chi connectivity index (χ2v) is 2.71. The smallest absolute Gasteiger partial charge is 0.141 e. The van der Waals surface area contributed by atoms with Gasteiger partial charge in [-0.15, -0.1) is 0 Å². The Morgan fingerprint density at radius 2 is 2.27 bits per heavy atom. The molecule has 1 heterocycles. The lowest BCUT2D eigenvalue weighted by Gasteiger charge is -1.95. The lowest BCUT2D eigenvalue weighted by molar-refractivity contribution is -0.108. The van der Waals surface area contributed by atoms with Gasteiger partial charge in [-0.1, -0.05) is 11.6 Å². The maximum atomic E-state index is 10.1. The first-order valence-electron chi connectivity index (χ1n) is 3.30. The maximum Gasteiger partial charge on any atom is 0.141 e. The van der Waals surface area contributed by atoms with Crippen LogP contribution in [0.5, 0.6) is 0 Å². The summed E-state index contributed by atoms with van der Waals surface area (Å²) in [6.07, 6.45) is 0.801. The van der Waals surface area contributed by atoms with Gasteiger partial charge in [0.05, 0.1) is 23.0 Å². The van der Waals surface area contributed by atoms with E-state index in [2.05, 4.69) is 5.10 Å². The third-order valence-corrected chi connectivity index (χ3v) is 2.09. The lowest BCUT2D eigenvalue weighted by atomic mass is 10.4. The SMILES string of the molecule is Cc1nn(CC=O)c(C)c1Cl. The van der Waals surface area contributed by atoms with Gasteiger partial charge in [0.15, 0.2) is 0 Å². The zero-order valence-electron chi connectivity index (χ0n) is 6.47. The molecular formula is C7H9ClN2O. The quantitative estimate of drug-likeness (QED) is 0.632.